The van der Waals surface area contributed by atoms with Gasteiger partial charge in [-0.1, -0.05) is 19.8 Å². The van der Waals surface area contributed by atoms with Gasteiger partial charge in [-0.05, 0) is 37.8 Å². The van der Waals surface area contributed by atoms with Crippen molar-refractivity contribution in [2.24, 2.45) is 5.92 Å². The second-order valence-electron chi connectivity index (χ2n) is 5.97. The van der Waals surface area contributed by atoms with E-state index in [1.807, 2.05) is 25.1 Å². The second-order valence-corrected chi connectivity index (χ2v) is 5.97. The van der Waals surface area contributed by atoms with Crippen molar-refractivity contribution in [3.8, 4) is 5.75 Å². The molecule has 4 N–H and O–H groups in total. The molecule has 1 aliphatic carbocycles. The molecule has 0 aliphatic heterocycles. The normalized spacial score (nSPS) is 26.2. The predicted molar refractivity (Wildman–Crippen MR) is 83.1 cm³/mol. The Morgan fingerprint density at radius 2 is 2.30 bits per heavy atom. The molecule has 0 spiro atoms. The number of anilines is 2. The first-order valence-corrected chi connectivity index (χ1v) is 7.51. The van der Waals surface area contributed by atoms with Crippen LogP contribution in [0.1, 0.15) is 39.5 Å². The van der Waals surface area contributed by atoms with Crippen LogP contribution in [0.2, 0.25) is 0 Å². The summed E-state index contributed by atoms with van der Waals surface area (Å²) in [4.78, 5) is 0. The summed E-state index contributed by atoms with van der Waals surface area (Å²) in [5.41, 5.74) is 6.84. The van der Waals surface area contributed by atoms with Crippen molar-refractivity contribution >= 4 is 11.4 Å². The fourth-order valence-electron chi connectivity index (χ4n) is 2.98. The Labute approximate surface area is 121 Å². The van der Waals surface area contributed by atoms with Crippen LogP contribution in [0.4, 0.5) is 11.4 Å². The molecule has 0 radical (unpaired) electrons. The molecule has 0 heterocycles. The van der Waals surface area contributed by atoms with Crippen LogP contribution in [0, 0.1) is 5.92 Å². The molecule has 0 saturated heterocycles. The number of rotatable bonds is 5. The number of nitrogens with one attached hydrogen (secondary N) is 1. The Morgan fingerprint density at radius 1 is 1.50 bits per heavy atom. The first-order valence-electron chi connectivity index (χ1n) is 7.51. The average Bonchev–Trinajstić information content (AvgIpc) is 2.40. The summed E-state index contributed by atoms with van der Waals surface area (Å²) in [6.45, 7) is 5.31. The molecule has 1 aliphatic rings. The van der Waals surface area contributed by atoms with E-state index in [1.54, 1.807) is 0 Å². The molecule has 1 fully saturated rings. The molecule has 0 amide bonds. The lowest BCUT2D eigenvalue weighted by molar-refractivity contribution is -0.000765. The van der Waals surface area contributed by atoms with Crippen LogP contribution in [0.3, 0.4) is 0 Å². The number of benzene rings is 1. The van der Waals surface area contributed by atoms with E-state index in [0.717, 1.165) is 24.9 Å². The lowest BCUT2D eigenvalue weighted by atomic mass is 9.79. The Bertz CT molecular complexity index is 450. The van der Waals surface area contributed by atoms with Gasteiger partial charge in [-0.3, -0.25) is 0 Å². The van der Waals surface area contributed by atoms with E-state index in [2.05, 4.69) is 12.2 Å². The van der Waals surface area contributed by atoms with Gasteiger partial charge in [-0.15, -0.1) is 0 Å². The third-order valence-corrected chi connectivity index (χ3v) is 4.00. The van der Waals surface area contributed by atoms with Gasteiger partial charge in [0, 0.05) is 18.3 Å². The quantitative estimate of drug-likeness (QED) is 0.724. The van der Waals surface area contributed by atoms with Gasteiger partial charge in [0.2, 0.25) is 0 Å². The van der Waals surface area contributed by atoms with Gasteiger partial charge in [0.1, 0.15) is 5.75 Å². The fourth-order valence-corrected chi connectivity index (χ4v) is 2.98. The van der Waals surface area contributed by atoms with Gasteiger partial charge >= 0.3 is 0 Å². The SMILES string of the molecule is CCOc1cc(NCC2(O)CCCC(C)C2)ccc1N. The van der Waals surface area contributed by atoms with E-state index in [9.17, 15) is 5.11 Å². The molecule has 2 rings (SSSR count). The zero-order chi connectivity index (χ0) is 14.6. The Morgan fingerprint density at radius 3 is 3.00 bits per heavy atom. The van der Waals surface area contributed by atoms with Crippen molar-refractivity contribution in [1.29, 1.82) is 0 Å². The van der Waals surface area contributed by atoms with E-state index in [-0.39, 0.29) is 0 Å². The molecule has 2 atom stereocenters. The highest BCUT2D eigenvalue weighted by Gasteiger charge is 2.32. The maximum atomic E-state index is 10.6. The summed E-state index contributed by atoms with van der Waals surface area (Å²) < 4.78 is 5.48. The highest BCUT2D eigenvalue weighted by atomic mass is 16.5. The van der Waals surface area contributed by atoms with Crippen LogP contribution in [0.25, 0.3) is 0 Å². The maximum Gasteiger partial charge on any atom is 0.144 e. The molecule has 112 valence electrons. The van der Waals surface area contributed by atoms with Crippen molar-refractivity contribution in [3.63, 3.8) is 0 Å². The Balaban J connectivity index is 1.98. The second kappa shape index (κ2) is 6.35. The summed E-state index contributed by atoms with van der Waals surface area (Å²) in [7, 11) is 0. The predicted octanol–water partition coefficient (Wildman–Crippen LogP) is 3.02. The number of hydrogen-bond acceptors (Lipinski definition) is 4. The summed E-state index contributed by atoms with van der Waals surface area (Å²) in [5.74, 6) is 1.29. The first-order chi connectivity index (χ1) is 9.52. The third-order valence-electron chi connectivity index (χ3n) is 4.00. The van der Waals surface area contributed by atoms with Gasteiger partial charge in [-0.25, -0.2) is 0 Å². The van der Waals surface area contributed by atoms with Gasteiger partial charge in [-0.2, -0.15) is 0 Å². The monoisotopic (exact) mass is 278 g/mol. The van der Waals surface area contributed by atoms with E-state index in [0.29, 0.717) is 30.5 Å². The van der Waals surface area contributed by atoms with Crippen molar-refractivity contribution in [2.75, 3.05) is 24.2 Å². The standard InChI is InChI=1S/C16H26N2O2/c1-3-20-15-9-13(6-7-14(15)17)18-11-16(19)8-4-5-12(2)10-16/h6-7,9,12,18-19H,3-5,8,10-11,17H2,1-2H3. The van der Waals surface area contributed by atoms with E-state index < -0.39 is 5.60 Å². The minimum atomic E-state index is -0.592. The number of aliphatic hydroxyl groups is 1. The largest absolute Gasteiger partial charge is 0.492 e. The molecule has 4 nitrogen and oxygen atoms in total. The number of ether oxygens (including phenoxy) is 1. The van der Waals surface area contributed by atoms with Crippen LogP contribution in [0.15, 0.2) is 18.2 Å². The molecule has 20 heavy (non-hydrogen) atoms. The zero-order valence-corrected chi connectivity index (χ0v) is 12.5. The molecule has 0 bridgehead atoms. The minimum Gasteiger partial charge on any atom is -0.492 e. The highest BCUT2D eigenvalue weighted by molar-refractivity contribution is 5.61. The van der Waals surface area contributed by atoms with Crippen molar-refractivity contribution in [3.05, 3.63) is 18.2 Å². The van der Waals surface area contributed by atoms with Crippen molar-refractivity contribution < 1.29 is 9.84 Å². The van der Waals surface area contributed by atoms with Crippen LogP contribution in [-0.2, 0) is 0 Å². The van der Waals surface area contributed by atoms with Crippen LogP contribution in [0.5, 0.6) is 5.75 Å². The fraction of sp³-hybridized carbons (Fsp3) is 0.625. The minimum absolute atomic E-state index is 0.576. The van der Waals surface area contributed by atoms with Crippen LogP contribution >= 0.6 is 0 Å². The van der Waals surface area contributed by atoms with E-state index in [4.69, 9.17) is 10.5 Å². The smallest absolute Gasteiger partial charge is 0.144 e. The Kier molecular flexibility index (Phi) is 4.76. The van der Waals surface area contributed by atoms with Gasteiger partial charge in [0.25, 0.3) is 0 Å². The highest BCUT2D eigenvalue weighted by Crippen LogP contribution is 2.33. The van der Waals surface area contributed by atoms with Gasteiger partial charge in [0.15, 0.2) is 0 Å². The molecule has 1 aromatic carbocycles. The molecule has 2 unspecified atom stereocenters. The summed E-state index contributed by atoms with van der Waals surface area (Å²) in [5, 5.41) is 13.9. The summed E-state index contributed by atoms with van der Waals surface area (Å²) >= 11 is 0. The van der Waals surface area contributed by atoms with Gasteiger partial charge in [0.05, 0.1) is 17.9 Å². The molecule has 1 aromatic rings. The number of hydrogen-bond donors (Lipinski definition) is 3. The topological polar surface area (TPSA) is 67.5 Å². The van der Waals surface area contributed by atoms with Crippen molar-refractivity contribution in [1.82, 2.24) is 0 Å². The van der Waals surface area contributed by atoms with Crippen LogP contribution < -0.4 is 15.8 Å². The zero-order valence-electron chi connectivity index (χ0n) is 12.5. The van der Waals surface area contributed by atoms with Crippen LogP contribution in [-0.4, -0.2) is 23.9 Å². The average molecular weight is 278 g/mol. The summed E-state index contributed by atoms with van der Waals surface area (Å²) in [6.07, 6.45) is 4.06. The molecule has 0 aromatic heterocycles. The first kappa shape index (κ1) is 15.0. The number of nitrogens with two attached hydrogens (primary N) is 1. The van der Waals surface area contributed by atoms with Crippen molar-refractivity contribution in [2.45, 2.75) is 45.1 Å². The van der Waals surface area contributed by atoms with E-state index >= 15 is 0 Å². The molecular formula is C16H26N2O2. The maximum absolute atomic E-state index is 10.6. The van der Waals surface area contributed by atoms with Gasteiger partial charge < -0.3 is 20.9 Å². The Hall–Kier alpha value is -1.42. The number of nitrogen functional groups attached to an aromatic ring is 1. The van der Waals surface area contributed by atoms with E-state index in [1.165, 1.54) is 6.42 Å². The third kappa shape index (κ3) is 3.79. The summed E-state index contributed by atoms with van der Waals surface area (Å²) in [6, 6.07) is 5.66. The molecule has 4 heteroatoms. The molecular weight excluding hydrogens is 252 g/mol. The lowest BCUT2D eigenvalue weighted by Crippen LogP contribution is -2.41. The molecule has 1 saturated carbocycles. The lowest BCUT2D eigenvalue weighted by Gasteiger charge is -2.35.